The summed E-state index contributed by atoms with van der Waals surface area (Å²) in [5, 5.41) is 3.17. The Morgan fingerprint density at radius 3 is 2.70 bits per heavy atom. The summed E-state index contributed by atoms with van der Waals surface area (Å²) in [5.41, 5.74) is 6.98. The first kappa shape index (κ1) is 15.0. The van der Waals surface area contributed by atoms with E-state index in [0.717, 1.165) is 12.0 Å². The highest BCUT2D eigenvalue weighted by molar-refractivity contribution is 7.80. The summed E-state index contributed by atoms with van der Waals surface area (Å²) >= 11 is 4.95. The van der Waals surface area contributed by atoms with E-state index in [0.29, 0.717) is 16.5 Å². The maximum atomic E-state index is 12.4. The standard InChI is InChI=1S/C16H22N2OS/c1-11-6-3-2-4-9-14(11)18-16(19)13-8-5-7-12(10-13)15(17)20/h5,7-8,10-11,14H,2-4,6,9H2,1H3,(H2,17,20)(H,18,19). The molecule has 0 bridgehead atoms. The van der Waals surface area contributed by atoms with Gasteiger partial charge in [-0.1, -0.05) is 50.5 Å². The van der Waals surface area contributed by atoms with Crippen LogP contribution in [0.15, 0.2) is 24.3 Å². The number of hydrogen-bond donors (Lipinski definition) is 2. The van der Waals surface area contributed by atoms with E-state index < -0.39 is 0 Å². The highest BCUT2D eigenvalue weighted by atomic mass is 32.1. The number of benzene rings is 1. The van der Waals surface area contributed by atoms with Crippen molar-refractivity contribution in [1.29, 1.82) is 0 Å². The van der Waals surface area contributed by atoms with Gasteiger partial charge in [-0.25, -0.2) is 0 Å². The van der Waals surface area contributed by atoms with Crippen LogP contribution in [0.25, 0.3) is 0 Å². The number of carbonyl (C=O) groups is 1. The molecule has 1 saturated carbocycles. The summed E-state index contributed by atoms with van der Waals surface area (Å²) in [4.78, 5) is 12.7. The van der Waals surface area contributed by atoms with Crippen LogP contribution in [0.1, 0.15) is 54.9 Å². The Labute approximate surface area is 125 Å². The topological polar surface area (TPSA) is 55.1 Å². The molecule has 0 saturated heterocycles. The second-order valence-corrected chi connectivity index (χ2v) is 6.08. The molecule has 1 aromatic carbocycles. The molecule has 2 rings (SSSR count). The predicted octanol–water partition coefficient (Wildman–Crippen LogP) is 3.02. The summed E-state index contributed by atoms with van der Waals surface area (Å²) in [5.74, 6) is 0.516. The Bertz CT molecular complexity index is 501. The van der Waals surface area contributed by atoms with Crippen LogP contribution >= 0.6 is 12.2 Å². The monoisotopic (exact) mass is 290 g/mol. The van der Waals surface area contributed by atoms with Gasteiger partial charge < -0.3 is 11.1 Å². The molecule has 0 aliphatic heterocycles. The predicted molar refractivity (Wildman–Crippen MR) is 85.8 cm³/mol. The summed E-state index contributed by atoms with van der Waals surface area (Å²) in [6.45, 7) is 2.22. The quantitative estimate of drug-likeness (QED) is 0.664. The van der Waals surface area contributed by atoms with E-state index >= 15 is 0 Å². The van der Waals surface area contributed by atoms with Gasteiger partial charge in [0.2, 0.25) is 0 Å². The Kier molecular flexibility index (Phi) is 5.12. The van der Waals surface area contributed by atoms with Crippen molar-refractivity contribution < 1.29 is 4.79 Å². The third-order valence-corrected chi connectivity index (χ3v) is 4.32. The van der Waals surface area contributed by atoms with E-state index in [4.69, 9.17) is 18.0 Å². The smallest absolute Gasteiger partial charge is 0.251 e. The zero-order valence-corrected chi connectivity index (χ0v) is 12.7. The normalized spacial score (nSPS) is 22.9. The molecular weight excluding hydrogens is 268 g/mol. The number of nitrogens with two attached hydrogens (primary N) is 1. The molecule has 1 aliphatic rings. The minimum Gasteiger partial charge on any atom is -0.389 e. The van der Waals surface area contributed by atoms with E-state index in [1.165, 1.54) is 25.7 Å². The maximum absolute atomic E-state index is 12.4. The van der Waals surface area contributed by atoms with Gasteiger partial charge in [0.15, 0.2) is 0 Å². The van der Waals surface area contributed by atoms with Crippen LogP contribution in [-0.2, 0) is 0 Å². The molecule has 108 valence electrons. The minimum atomic E-state index is -0.0261. The average Bonchev–Trinajstić information content (AvgIpc) is 2.64. The molecule has 0 aromatic heterocycles. The Morgan fingerprint density at radius 1 is 1.25 bits per heavy atom. The lowest BCUT2D eigenvalue weighted by molar-refractivity contribution is 0.0921. The molecule has 2 atom stereocenters. The van der Waals surface area contributed by atoms with Gasteiger partial charge in [0.05, 0.1) is 0 Å². The molecule has 1 aromatic rings. The molecule has 3 nitrogen and oxygen atoms in total. The molecule has 1 aliphatic carbocycles. The maximum Gasteiger partial charge on any atom is 0.251 e. The second-order valence-electron chi connectivity index (χ2n) is 5.64. The average molecular weight is 290 g/mol. The lowest BCUT2D eigenvalue weighted by Gasteiger charge is -2.23. The highest BCUT2D eigenvalue weighted by Gasteiger charge is 2.22. The van der Waals surface area contributed by atoms with Crippen molar-refractivity contribution in [2.45, 2.75) is 45.1 Å². The van der Waals surface area contributed by atoms with Gasteiger partial charge in [0.25, 0.3) is 5.91 Å². The van der Waals surface area contributed by atoms with Crippen molar-refractivity contribution in [1.82, 2.24) is 5.32 Å². The van der Waals surface area contributed by atoms with Gasteiger partial charge in [-0.05, 0) is 30.9 Å². The molecule has 1 amide bonds. The number of amides is 1. The lowest BCUT2D eigenvalue weighted by Crippen LogP contribution is -2.38. The summed E-state index contributed by atoms with van der Waals surface area (Å²) < 4.78 is 0. The number of thiocarbonyl (C=S) groups is 1. The SMILES string of the molecule is CC1CCCCCC1NC(=O)c1cccc(C(N)=S)c1. The van der Waals surface area contributed by atoms with Gasteiger partial charge in [-0.2, -0.15) is 0 Å². The Hall–Kier alpha value is -1.42. The van der Waals surface area contributed by atoms with Gasteiger partial charge in [0, 0.05) is 17.2 Å². The van der Waals surface area contributed by atoms with E-state index in [1.54, 1.807) is 12.1 Å². The second kappa shape index (κ2) is 6.84. The van der Waals surface area contributed by atoms with Crippen molar-refractivity contribution in [3.05, 3.63) is 35.4 Å². The van der Waals surface area contributed by atoms with Gasteiger partial charge in [-0.15, -0.1) is 0 Å². The number of hydrogen-bond acceptors (Lipinski definition) is 2. The fourth-order valence-corrected chi connectivity index (χ4v) is 2.90. The molecule has 0 spiro atoms. The molecule has 4 heteroatoms. The van der Waals surface area contributed by atoms with Crippen LogP contribution in [0.5, 0.6) is 0 Å². The molecule has 3 N–H and O–H groups in total. The van der Waals surface area contributed by atoms with Gasteiger partial charge in [-0.3, -0.25) is 4.79 Å². The van der Waals surface area contributed by atoms with Crippen LogP contribution in [-0.4, -0.2) is 16.9 Å². The van der Waals surface area contributed by atoms with Crippen molar-refractivity contribution >= 4 is 23.1 Å². The first-order valence-corrected chi connectivity index (χ1v) is 7.69. The van der Waals surface area contributed by atoms with Crippen LogP contribution in [0, 0.1) is 5.92 Å². The van der Waals surface area contributed by atoms with Crippen molar-refractivity contribution in [2.75, 3.05) is 0 Å². The van der Waals surface area contributed by atoms with E-state index in [1.807, 2.05) is 12.1 Å². The number of nitrogens with one attached hydrogen (secondary N) is 1. The van der Waals surface area contributed by atoms with Crippen molar-refractivity contribution in [2.24, 2.45) is 11.7 Å². The summed E-state index contributed by atoms with van der Waals surface area (Å²) in [6.07, 6.45) is 6.00. The summed E-state index contributed by atoms with van der Waals surface area (Å²) in [7, 11) is 0. The first-order chi connectivity index (χ1) is 9.58. The largest absolute Gasteiger partial charge is 0.389 e. The highest BCUT2D eigenvalue weighted by Crippen LogP contribution is 2.23. The fourth-order valence-electron chi connectivity index (χ4n) is 2.77. The van der Waals surface area contributed by atoms with Crippen LogP contribution in [0.4, 0.5) is 0 Å². The van der Waals surface area contributed by atoms with Crippen LogP contribution in [0.2, 0.25) is 0 Å². The minimum absolute atomic E-state index is 0.0261. The zero-order valence-electron chi connectivity index (χ0n) is 11.9. The first-order valence-electron chi connectivity index (χ1n) is 7.28. The zero-order chi connectivity index (χ0) is 14.5. The molecular formula is C16H22N2OS. The Morgan fingerprint density at radius 2 is 1.95 bits per heavy atom. The lowest BCUT2D eigenvalue weighted by atomic mass is 9.96. The fraction of sp³-hybridized carbons (Fsp3) is 0.500. The van der Waals surface area contributed by atoms with E-state index in [9.17, 15) is 4.79 Å². The molecule has 0 heterocycles. The summed E-state index contributed by atoms with van der Waals surface area (Å²) in [6, 6.07) is 7.49. The van der Waals surface area contributed by atoms with Crippen molar-refractivity contribution in [3.8, 4) is 0 Å². The molecule has 20 heavy (non-hydrogen) atoms. The molecule has 0 radical (unpaired) electrons. The molecule has 2 unspecified atom stereocenters. The van der Waals surface area contributed by atoms with Gasteiger partial charge in [0.1, 0.15) is 4.99 Å². The van der Waals surface area contributed by atoms with Crippen LogP contribution < -0.4 is 11.1 Å². The third kappa shape index (κ3) is 3.79. The Balaban J connectivity index is 2.07. The number of carbonyl (C=O) groups excluding carboxylic acids is 1. The van der Waals surface area contributed by atoms with Crippen molar-refractivity contribution in [3.63, 3.8) is 0 Å². The van der Waals surface area contributed by atoms with E-state index in [-0.39, 0.29) is 11.9 Å². The number of rotatable bonds is 3. The molecule has 1 fully saturated rings. The van der Waals surface area contributed by atoms with E-state index in [2.05, 4.69) is 12.2 Å². The van der Waals surface area contributed by atoms with Crippen LogP contribution in [0.3, 0.4) is 0 Å². The van der Waals surface area contributed by atoms with Gasteiger partial charge >= 0.3 is 0 Å². The third-order valence-electron chi connectivity index (χ3n) is 4.09.